The van der Waals surface area contributed by atoms with E-state index in [1.54, 1.807) is 13.8 Å². The van der Waals surface area contributed by atoms with Crippen LogP contribution in [0.15, 0.2) is 0 Å². The highest BCUT2D eigenvalue weighted by molar-refractivity contribution is 5.83. The Labute approximate surface area is 305 Å². The summed E-state index contributed by atoms with van der Waals surface area (Å²) < 4.78 is 30.9. The van der Waals surface area contributed by atoms with E-state index in [2.05, 4.69) is 34.6 Å². The van der Waals surface area contributed by atoms with E-state index >= 15 is 0 Å². The van der Waals surface area contributed by atoms with E-state index in [9.17, 15) is 19.8 Å². The van der Waals surface area contributed by atoms with E-state index in [0.717, 1.165) is 32.1 Å². The number of carbonyl (C=O) groups is 2. The summed E-state index contributed by atoms with van der Waals surface area (Å²) in [5, 5.41) is 23.7. The Morgan fingerprint density at radius 2 is 1.67 bits per heavy atom. The molecule has 2 spiro atoms. The minimum absolute atomic E-state index is 0.0479. The van der Waals surface area contributed by atoms with Crippen LogP contribution >= 0.6 is 0 Å². The summed E-state index contributed by atoms with van der Waals surface area (Å²) in [7, 11) is 0. The molecule has 51 heavy (non-hydrogen) atoms. The first-order valence-electron chi connectivity index (χ1n) is 20.1. The molecule has 1 amide bonds. The van der Waals surface area contributed by atoms with E-state index in [1.165, 1.54) is 19.8 Å². The summed E-state index contributed by atoms with van der Waals surface area (Å²) in [6.07, 6.45) is 5.87. The third-order valence-electron chi connectivity index (χ3n) is 17.1. The van der Waals surface area contributed by atoms with Crippen LogP contribution in [0.2, 0.25) is 0 Å². The van der Waals surface area contributed by atoms with Gasteiger partial charge in [-0.3, -0.25) is 9.59 Å². The minimum Gasteiger partial charge on any atom is -0.457 e. The Morgan fingerprint density at radius 1 is 0.980 bits per heavy atom. The summed E-state index contributed by atoms with van der Waals surface area (Å²) in [6.45, 7) is 21.2. The molecule has 0 radical (unpaired) electrons. The second kappa shape index (κ2) is 11.6. The van der Waals surface area contributed by atoms with Crippen LogP contribution in [-0.4, -0.2) is 102 Å². The number of esters is 1. The maximum atomic E-state index is 13.3. The van der Waals surface area contributed by atoms with Crippen LogP contribution in [0.4, 0.5) is 0 Å². The van der Waals surface area contributed by atoms with Gasteiger partial charge in [0.2, 0.25) is 5.91 Å². The molecule has 10 heteroatoms. The van der Waals surface area contributed by atoms with Gasteiger partial charge in [0.25, 0.3) is 0 Å². The molecule has 0 bridgehead atoms. The van der Waals surface area contributed by atoms with E-state index < -0.39 is 41.6 Å². The summed E-state index contributed by atoms with van der Waals surface area (Å²) in [5.41, 5.74) is -1.68. The minimum atomic E-state index is -1.27. The van der Waals surface area contributed by atoms with Gasteiger partial charge in [0.15, 0.2) is 12.4 Å². The van der Waals surface area contributed by atoms with Gasteiger partial charge < -0.3 is 38.8 Å². The van der Waals surface area contributed by atoms with Crippen molar-refractivity contribution in [1.82, 2.24) is 4.90 Å². The fourth-order valence-corrected chi connectivity index (χ4v) is 14.6. The number of hydrogen-bond donors (Lipinski definition) is 2. The number of ether oxygens (including phenoxy) is 5. The van der Waals surface area contributed by atoms with Gasteiger partial charge in [-0.05, 0) is 117 Å². The molecule has 8 rings (SSSR count). The highest BCUT2D eigenvalue weighted by atomic mass is 16.7. The molecule has 0 aromatic heterocycles. The predicted molar refractivity (Wildman–Crippen MR) is 188 cm³/mol. The maximum Gasteiger partial charge on any atom is 0.303 e. The van der Waals surface area contributed by atoms with Gasteiger partial charge >= 0.3 is 5.97 Å². The molecule has 3 aliphatic heterocycles. The van der Waals surface area contributed by atoms with E-state index in [-0.39, 0.29) is 57.0 Å². The molecule has 2 N–H and O–H groups in total. The number of nitrogens with zero attached hydrogens (tertiary/aromatic N) is 1. The van der Waals surface area contributed by atoms with Gasteiger partial charge in [-0.1, -0.05) is 34.6 Å². The molecule has 0 unspecified atom stereocenters. The van der Waals surface area contributed by atoms with Crippen LogP contribution in [0, 0.1) is 56.2 Å². The number of hydrogen-bond acceptors (Lipinski definition) is 9. The number of fused-ring (bicyclic) bond motifs is 4. The zero-order chi connectivity index (χ0) is 36.7. The predicted octanol–water partition coefficient (Wildman–Crippen LogP) is 5.11. The van der Waals surface area contributed by atoms with Crippen LogP contribution in [0.5, 0.6) is 0 Å². The summed E-state index contributed by atoms with van der Waals surface area (Å²) in [4.78, 5) is 27.3. The molecule has 8 aliphatic rings. The molecule has 288 valence electrons. The molecule has 5 saturated carbocycles. The fourth-order valence-electron chi connectivity index (χ4n) is 14.6. The van der Waals surface area contributed by atoms with Gasteiger partial charge in [0.05, 0.1) is 61.8 Å². The standard InChI is InChI=1S/C41H65NO9/c1-23-18-25(33(36(5,6)46)49-24(2)43)50-31-30(23)38(8)14-15-41-20-40(41)13-12-28(35(3,4)26(40)10-11-27(41)39(38,9)32(31)44)51-29-19-42(16-17-48-29)34(45)37(7)21-47-22-37/h23,25-33,44,46H,10-22H2,1-9H3/t23-,25-,26+,27+,28+,29+,30+,31+,32+,33+,38-,39-,40-,41+/m1/s1. The van der Waals surface area contributed by atoms with Crippen LogP contribution in [0.1, 0.15) is 114 Å². The fraction of sp³-hybridized carbons (Fsp3) is 0.951. The van der Waals surface area contributed by atoms with Gasteiger partial charge in [-0.2, -0.15) is 0 Å². The Balaban J connectivity index is 1.01. The first-order chi connectivity index (χ1) is 23.8. The van der Waals surface area contributed by atoms with Crippen molar-refractivity contribution < 1.29 is 43.5 Å². The van der Waals surface area contributed by atoms with Crippen molar-refractivity contribution in [2.24, 2.45) is 56.2 Å². The van der Waals surface area contributed by atoms with Crippen molar-refractivity contribution in [2.75, 3.05) is 32.9 Å². The first-order valence-corrected chi connectivity index (χ1v) is 20.1. The average molecular weight is 716 g/mol. The number of aliphatic hydroxyl groups excluding tert-OH is 1. The Morgan fingerprint density at radius 3 is 2.31 bits per heavy atom. The van der Waals surface area contributed by atoms with Crippen LogP contribution in [0.25, 0.3) is 0 Å². The number of carbonyl (C=O) groups excluding carboxylic acids is 2. The highest BCUT2D eigenvalue weighted by Crippen LogP contribution is 2.89. The van der Waals surface area contributed by atoms with Crippen LogP contribution in [0.3, 0.4) is 0 Å². The highest BCUT2D eigenvalue weighted by Gasteiger charge is 2.84. The quantitative estimate of drug-likeness (QED) is 0.362. The number of rotatable bonds is 6. The van der Waals surface area contributed by atoms with Crippen molar-refractivity contribution in [1.29, 1.82) is 0 Å². The van der Waals surface area contributed by atoms with E-state index in [1.807, 2.05) is 11.8 Å². The number of amides is 1. The third kappa shape index (κ3) is 4.94. The third-order valence-corrected chi connectivity index (χ3v) is 17.1. The molecule has 8 fully saturated rings. The van der Waals surface area contributed by atoms with Crippen molar-refractivity contribution in [3.05, 3.63) is 0 Å². The lowest BCUT2D eigenvalue weighted by molar-refractivity contribution is -0.250. The lowest BCUT2D eigenvalue weighted by atomic mass is 9.41. The van der Waals surface area contributed by atoms with E-state index in [0.29, 0.717) is 51.2 Å². The zero-order valence-corrected chi connectivity index (χ0v) is 32.7. The Hall–Kier alpha value is -1.30. The average Bonchev–Trinajstić information content (AvgIpc) is 3.67. The Bertz CT molecular complexity index is 1420. The lowest BCUT2D eigenvalue weighted by Gasteiger charge is -2.64. The molecule has 0 aromatic carbocycles. The summed E-state index contributed by atoms with van der Waals surface area (Å²) in [5.74, 6) is 1.09. The molecule has 3 heterocycles. The van der Waals surface area contributed by atoms with Crippen molar-refractivity contribution in [3.63, 3.8) is 0 Å². The van der Waals surface area contributed by atoms with Gasteiger partial charge in [-0.25, -0.2) is 0 Å². The molecule has 0 aromatic rings. The molecule has 14 atom stereocenters. The summed E-state index contributed by atoms with van der Waals surface area (Å²) in [6, 6.07) is 0. The lowest BCUT2D eigenvalue weighted by Crippen LogP contribution is -2.61. The normalized spacial score (nSPS) is 49.9. The first kappa shape index (κ1) is 36.7. The molecule has 10 nitrogen and oxygen atoms in total. The van der Waals surface area contributed by atoms with Crippen LogP contribution < -0.4 is 0 Å². The number of aliphatic hydroxyl groups is 2. The zero-order valence-electron chi connectivity index (χ0n) is 32.7. The largest absolute Gasteiger partial charge is 0.457 e. The van der Waals surface area contributed by atoms with Crippen LogP contribution in [-0.2, 0) is 33.3 Å². The second-order valence-corrected chi connectivity index (χ2v) is 20.5. The van der Waals surface area contributed by atoms with Crippen molar-refractivity contribution in [2.45, 2.75) is 156 Å². The second-order valence-electron chi connectivity index (χ2n) is 20.5. The maximum absolute atomic E-state index is 13.3. The smallest absolute Gasteiger partial charge is 0.303 e. The molecular formula is C41H65NO9. The molecule has 3 saturated heterocycles. The molecule has 5 aliphatic carbocycles. The SMILES string of the molecule is CC(=O)O[C@@H]([C@H]1C[C@@H](C)[C@H]2[C@H](O1)[C@H](O)[C@@]1(C)[C@@H]3CC[C@H]4C(C)(C)[C@@H](O[C@H]5CN(C(=O)C6(C)COC6)CCO5)CC[C@@]45C[C@@]35CC[C@]21C)C(C)(C)O. The monoisotopic (exact) mass is 715 g/mol. The van der Waals surface area contributed by atoms with Gasteiger partial charge in [-0.15, -0.1) is 0 Å². The van der Waals surface area contributed by atoms with Gasteiger partial charge in [0, 0.05) is 18.9 Å². The summed E-state index contributed by atoms with van der Waals surface area (Å²) >= 11 is 0. The number of morpholine rings is 1. The van der Waals surface area contributed by atoms with E-state index in [4.69, 9.17) is 23.7 Å². The van der Waals surface area contributed by atoms with Gasteiger partial charge in [0.1, 0.15) is 0 Å². The topological polar surface area (TPSA) is 124 Å². The molecular weight excluding hydrogens is 650 g/mol. The Kier molecular flexibility index (Phi) is 8.35. The van der Waals surface area contributed by atoms with Crippen molar-refractivity contribution in [3.8, 4) is 0 Å². The van der Waals surface area contributed by atoms with Crippen molar-refractivity contribution >= 4 is 11.9 Å².